The van der Waals surface area contributed by atoms with Crippen LogP contribution in [0.2, 0.25) is 0 Å². The number of amides is 2. The highest BCUT2D eigenvalue weighted by atomic mass is 16.2. The molecule has 2 amide bonds. The van der Waals surface area contributed by atoms with Crippen molar-refractivity contribution in [3.8, 4) is 0 Å². The molecule has 0 saturated carbocycles. The monoisotopic (exact) mass is 318 g/mol. The van der Waals surface area contributed by atoms with Crippen LogP contribution in [-0.2, 0) is 0 Å². The van der Waals surface area contributed by atoms with Crippen molar-refractivity contribution in [3.05, 3.63) is 60.0 Å². The molecule has 1 aromatic carbocycles. The standard InChI is InChI=1S/C17H14N6O/c1-11-7-20-16(21-11)22-10-15(18-2)23(17(22)24)14-9-19-8-12-5-3-4-6-13(12)14/h3-9,15H,10H2,1H3,(H,20,21). The Morgan fingerprint density at radius 3 is 2.88 bits per heavy atom. The van der Waals surface area contributed by atoms with Crippen LogP contribution in [-0.4, -0.2) is 33.7 Å². The minimum absolute atomic E-state index is 0.262. The predicted octanol–water partition coefficient (Wildman–Crippen LogP) is 2.96. The summed E-state index contributed by atoms with van der Waals surface area (Å²) in [6.07, 6.45) is 4.43. The molecule has 7 nitrogen and oxygen atoms in total. The van der Waals surface area contributed by atoms with E-state index in [2.05, 4.69) is 19.8 Å². The van der Waals surface area contributed by atoms with Gasteiger partial charge in [0, 0.05) is 28.9 Å². The number of carbonyl (C=O) groups excluding carboxylic acids is 1. The summed E-state index contributed by atoms with van der Waals surface area (Å²) >= 11 is 0. The number of rotatable bonds is 2. The van der Waals surface area contributed by atoms with Gasteiger partial charge in [-0.3, -0.25) is 14.7 Å². The summed E-state index contributed by atoms with van der Waals surface area (Å²) in [4.78, 5) is 31.1. The zero-order valence-electron chi connectivity index (χ0n) is 13.0. The lowest BCUT2D eigenvalue weighted by Gasteiger charge is -2.17. The normalized spacial score (nSPS) is 17.5. The number of aromatic nitrogens is 3. The number of imidazole rings is 1. The van der Waals surface area contributed by atoms with Gasteiger partial charge in [-0.05, 0) is 6.92 Å². The molecule has 3 aromatic rings. The van der Waals surface area contributed by atoms with Crippen LogP contribution >= 0.6 is 0 Å². The summed E-state index contributed by atoms with van der Waals surface area (Å²) in [6, 6.07) is 7.42. The minimum atomic E-state index is -0.615. The minimum Gasteiger partial charge on any atom is -0.328 e. The number of benzene rings is 1. The maximum Gasteiger partial charge on any atom is 0.337 e. The predicted molar refractivity (Wildman–Crippen MR) is 90.7 cm³/mol. The molecule has 0 bridgehead atoms. The van der Waals surface area contributed by atoms with E-state index in [1.54, 1.807) is 18.6 Å². The molecule has 2 aromatic heterocycles. The van der Waals surface area contributed by atoms with E-state index in [0.29, 0.717) is 11.6 Å². The Morgan fingerprint density at radius 1 is 1.29 bits per heavy atom. The molecule has 1 saturated heterocycles. The molecule has 1 aliphatic heterocycles. The number of urea groups is 1. The van der Waals surface area contributed by atoms with E-state index < -0.39 is 6.17 Å². The zero-order valence-corrected chi connectivity index (χ0v) is 13.0. The molecule has 1 fully saturated rings. The second-order valence-electron chi connectivity index (χ2n) is 5.64. The Morgan fingerprint density at radius 2 is 2.12 bits per heavy atom. The maximum absolute atomic E-state index is 12.9. The number of H-pyrrole nitrogens is 1. The van der Waals surface area contributed by atoms with Gasteiger partial charge in [0.15, 0.2) is 0 Å². The van der Waals surface area contributed by atoms with Crippen LogP contribution in [0.4, 0.5) is 16.4 Å². The average molecular weight is 318 g/mol. The number of fused-ring (bicyclic) bond motifs is 1. The van der Waals surface area contributed by atoms with E-state index in [4.69, 9.17) is 6.57 Å². The van der Waals surface area contributed by atoms with E-state index in [9.17, 15) is 4.79 Å². The van der Waals surface area contributed by atoms with Crippen molar-refractivity contribution in [1.29, 1.82) is 0 Å². The van der Waals surface area contributed by atoms with E-state index in [0.717, 1.165) is 16.5 Å². The van der Waals surface area contributed by atoms with Crippen LogP contribution in [0.1, 0.15) is 5.69 Å². The molecule has 0 radical (unpaired) electrons. The van der Waals surface area contributed by atoms with Crippen molar-refractivity contribution in [2.45, 2.75) is 13.1 Å². The van der Waals surface area contributed by atoms with Crippen molar-refractivity contribution in [2.24, 2.45) is 0 Å². The Labute approximate surface area is 138 Å². The lowest BCUT2D eigenvalue weighted by Crippen LogP contribution is -2.34. The van der Waals surface area contributed by atoms with Gasteiger partial charge in [0.2, 0.25) is 5.95 Å². The van der Waals surface area contributed by atoms with Crippen molar-refractivity contribution < 1.29 is 4.79 Å². The molecule has 1 unspecified atom stereocenters. The highest BCUT2D eigenvalue weighted by Crippen LogP contribution is 2.32. The number of hydrogen-bond donors (Lipinski definition) is 1. The molecule has 1 atom stereocenters. The SMILES string of the molecule is [C-]#[N+]C1CN(c2ncc(C)[nH]2)C(=O)N1c1cncc2ccccc12. The molecule has 0 spiro atoms. The number of aromatic amines is 1. The largest absolute Gasteiger partial charge is 0.337 e. The summed E-state index contributed by atoms with van der Waals surface area (Å²) in [6.45, 7) is 9.62. The molecule has 3 heterocycles. The molecule has 1 N–H and O–H groups in total. The fourth-order valence-electron chi connectivity index (χ4n) is 2.95. The third-order valence-corrected chi connectivity index (χ3v) is 4.08. The number of nitrogens with one attached hydrogen (secondary N) is 1. The van der Waals surface area contributed by atoms with Gasteiger partial charge in [-0.15, -0.1) is 0 Å². The molecule has 1 aliphatic rings. The number of nitrogens with zero attached hydrogens (tertiary/aromatic N) is 5. The van der Waals surface area contributed by atoms with E-state index >= 15 is 0 Å². The fourth-order valence-corrected chi connectivity index (χ4v) is 2.95. The van der Waals surface area contributed by atoms with Crippen LogP contribution in [0.3, 0.4) is 0 Å². The highest BCUT2D eigenvalue weighted by Gasteiger charge is 2.45. The highest BCUT2D eigenvalue weighted by molar-refractivity contribution is 6.10. The summed E-state index contributed by atoms with van der Waals surface area (Å²) < 4.78 is 0. The topological polar surface area (TPSA) is 69.5 Å². The molecule has 0 aliphatic carbocycles. The maximum atomic E-state index is 12.9. The second kappa shape index (κ2) is 5.35. The van der Waals surface area contributed by atoms with Crippen molar-refractivity contribution in [1.82, 2.24) is 15.0 Å². The summed E-state index contributed by atoms with van der Waals surface area (Å²) in [5, 5.41) is 1.82. The van der Waals surface area contributed by atoms with E-state index in [-0.39, 0.29) is 12.6 Å². The number of anilines is 2. The van der Waals surface area contributed by atoms with Crippen molar-refractivity contribution >= 4 is 28.4 Å². The van der Waals surface area contributed by atoms with Gasteiger partial charge in [-0.2, -0.15) is 0 Å². The Balaban J connectivity index is 1.81. The third kappa shape index (κ3) is 2.08. The van der Waals surface area contributed by atoms with Crippen LogP contribution < -0.4 is 9.80 Å². The smallest absolute Gasteiger partial charge is 0.328 e. The Kier molecular flexibility index (Phi) is 3.17. The summed E-state index contributed by atoms with van der Waals surface area (Å²) in [5.41, 5.74) is 1.51. The number of carbonyl (C=O) groups is 1. The molecule has 24 heavy (non-hydrogen) atoms. The first-order valence-electron chi connectivity index (χ1n) is 7.50. The van der Waals surface area contributed by atoms with Gasteiger partial charge in [-0.25, -0.2) is 21.3 Å². The zero-order chi connectivity index (χ0) is 16.7. The molecule has 118 valence electrons. The third-order valence-electron chi connectivity index (χ3n) is 4.08. The number of hydrogen-bond acceptors (Lipinski definition) is 3. The van der Waals surface area contributed by atoms with E-state index in [1.807, 2.05) is 31.2 Å². The van der Waals surface area contributed by atoms with Crippen LogP contribution in [0.5, 0.6) is 0 Å². The van der Waals surface area contributed by atoms with Gasteiger partial charge < -0.3 is 4.98 Å². The average Bonchev–Trinajstić information content (AvgIpc) is 3.17. The van der Waals surface area contributed by atoms with Gasteiger partial charge in [-0.1, -0.05) is 24.3 Å². The van der Waals surface area contributed by atoms with Crippen LogP contribution in [0.15, 0.2) is 42.9 Å². The van der Waals surface area contributed by atoms with Crippen molar-refractivity contribution in [2.75, 3.05) is 16.3 Å². The molecular weight excluding hydrogens is 304 g/mol. The number of aryl methyl sites for hydroxylation is 1. The van der Waals surface area contributed by atoms with Gasteiger partial charge in [0.1, 0.15) is 6.54 Å². The van der Waals surface area contributed by atoms with Gasteiger partial charge in [0.05, 0.1) is 11.9 Å². The first-order chi connectivity index (χ1) is 11.7. The lowest BCUT2D eigenvalue weighted by molar-refractivity contribution is 0.255. The first kappa shape index (κ1) is 14.2. The molecule has 7 heteroatoms. The fraction of sp³-hybridized carbons (Fsp3) is 0.176. The van der Waals surface area contributed by atoms with Crippen molar-refractivity contribution in [3.63, 3.8) is 0 Å². The second-order valence-corrected chi connectivity index (χ2v) is 5.64. The molecular formula is C17H14N6O. The summed E-state index contributed by atoms with van der Waals surface area (Å²) in [7, 11) is 0. The first-order valence-corrected chi connectivity index (χ1v) is 7.50. The number of pyridine rings is 1. The Bertz CT molecular complexity index is 967. The lowest BCUT2D eigenvalue weighted by atomic mass is 10.1. The van der Waals surface area contributed by atoms with E-state index in [1.165, 1.54) is 9.80 Å². The van der Waals surface area contributed by atoms with Crippen LogP contribution in [0.25, 0.3) is 15.6 Å². The van der Waals surface area contributed by atoms with Crippen LogP contribution in [0, 0.1) is 13.5 Å². The Hall–Kier alpha value is -3.40. The van der Waals surface area contributed by atoms with Gasteiger partial charge in [0.25, 0.3) is 0 Å². The molecule has 4 rings (SSSR count). The quantitative estimate of drug-likeness (QED) is 0.739. The summed E-state index contributed by atoms with van der Waals surface area (Å²) in [5.74, 6) is 0.460. The van der Waals surface area contributed by atoms with Gasteiger partial charge >= 0.3 is 12.2 Å².